The molecule has 0 aromatic heterocycles. The number of nitrogens with zero attached hydrogens (tertiary/aromatic N) is 2. The van der Waals surface area contributed by atoms with Crippen LogP contribution in [0.4, 0.5) is 5.69 Å². The third-order valence-electron chi connectivity index (χ3n) is 6.49. The van der Waals surface area contributed by atoms with Gasteiger partial charge < -0.3 is 10.2 Å². The fourth-order valence-corrected chi connectivity index (χ4v) is 6.05. The van der Waals surface area contributed by atoms with Crippen LogP contribution in [0.25, 0.3) is 0 Å². The van der Waals surface area contributed by atoms with Gasteiger partial charge in [0.2, 0.25) is 11.8 Å². The Morgan fingerprint density at radius 3 is 2.13 bits per heavy atom. The van der Waals surface area contributed by atoms with Crippen LogP contribution >= 0.6 is 23.2 Å². The first-order chi connectivity index (χ1) is 18.4. The number of rotatable bonds is 10. The van der Waals surface area contributed by atoms with Crippen LogP contribution in [-0.4, -0.2) is 44.8 Å². The van der Waals surface area contributed by atoms with E-state index < -0.39 is 28.5 Å². The second kappa shape index (κ2) is 12.9. The molecule has 1 N–H and O–H groups in total. The standard InChI is InChI=1S/C29H33Cl2N3O4S/c1-6-26(29(36)32-5)33(17-22-11-14-24(30)25(31)16-22)28(35)18-34(27-15-20(3)7-10-21(27)4)39(37,38)23-12-8-19(2)9-13-23/h7-16,26H,6,17-18H2,1-5H3,(H,32,36). The van der Waals surface area contributed by atoms with Gasteiger partial charge in [0.05, 0.1) is 20.6 Å². The number of benzene rings is 3. The molecule has 1 atom stereocenters. The Morgan fingerprint density at radius 1 is 0.897 bits per heavy atom. The van der Waals surface area contributed by atoms with Crippen molar-refractivity contribution >= 4 is 50.7 Å². The van der Waals surface area contributed by atoms with E-state index in [1.165, 1.54) is 24.1 Å². The summed E-state index contributed by atoms with van der Waals surface area (Å²) in [5.41, 5.74) is 3.49. The van der Waals surface area contributed by atoms with Gasteiger partial charge in [-0.1, -0.05) is 66.0 Å². The molecule has 0 aliphatic heterocycles. The summed E-state index contributed by atoms with van der Waals surface area (Å²) < 4.78 is 29.1. The molecule has 7 nitrogen and oxygen atoms in total. The summed E-state index contributed by atoms with van der Waals surface area (Å²) in [6, 6.07) is 16.1. The number of carbonyl (C=O) groups excluding carboxylic acids is 2. The molecule has 0 radical (unpaired) electrons. The second-order valence-corrected chi connectivity index (χ2v) is 12.1. The molecule has 0 aliphatic rings. The normalized spacial score (nSPS) is 12.1. The number of amides is 2. The number of hydrogen-bond acceptors (Lipinski definition) is 4. The van der Waals surface area contributed by atoms with Gasteiger partial charge >= 0.3 is 0 Å². The average Bonchev–Trinajstić information content (AvgIpc) is 2.90. The topological polar surface area (TPSA) is 86.8 Å². The monoisotopic (exact) mass is 589 g/mol. The number of likely N-dealkylation sites (N-methyl/N-ethyl adjacent to an activating group) is 1. The Kier molecular flexibility index (Phi) is 10.0. The lowest BCUT2D eigenvalue weighted by Crippen LogP contribution is -2.51. The van der Waals surface area contributed by atoms with Crippen molar-refractivity contribution in [1.82, 2.24) is 10.2 Å². The maximum atomic E-state index is 14.0. The fourth-order valence-electron chi connectivity index (χ4n) is 4.26. The highest BCUT2D eigenvalue weighted by Gasteiger charge is 2.34. The molecule has 208 valence electrons. The van der Waals surface area contributed by atoms with E-state index in [1.54, 1.807) is 50.2 Å². The number of halogens is 2. The number of sulfonamides is 1. The molecule has 39 heavy (non-hydrogen) atoms. The average molecular weight is 591 g/mol. The van der Waals surface area contributed by atoms with Crippen molar-refractivity contribution in [3.63, 3.8) is 0 Å². The zero-order chi connectivity index (χ0) is 28.9. The lowest BCUT2D eigenvalue weighted by atomic mass is 10.1. The summed E-state index contributed by atoms with van der Waals surface area (Å²) >= 11 is 12.3. The Bertz CT molecular complexity index is 1460. The summed E-state index contributed by atoms with van der Waals surface area (Å²) in [6.07, 6.45) is 0.320. The molecular weight excluding hydrogens is 557 g/mol. The summed E-state index contributed by atoms with van der Waals surface area (Å²) in [5.74, 6) is -0.890. The highest BCUT2D eigenvalue weighted by atomic mass is 35.5. The molecule has 0 fully saturated rings. The molecule has 2 amide bonds. The molecule has 3 rings (SSSR count). The summed E-state index contributed by atoms with van der Waals surface area (Å²) in [6.45, 7) is 6.84. The number of carbonyl (C=O) groups is 2. The number of hydrogen-bond donors (Lipinski definition) is 1. The third-order valence-corrected chi connectivity index (χ3v) is 9.00. The van der Waals surface area contributed by atoms with Crippen LogP contribution in [-0.2, 0) is 26.2 Å². The minimum absolute atomic E-state index is 0.0346. The predicted molar refractivity (Wildman–Crippen MR) is 157 cm³/mol. The SMILES string of the molecule is CCC(C(=O)NC)N(Cc1ccc(Cl)c(Cl)c1)C(=O)CN(c1cc(C)ccc1C)S(=O)(=O)c1ccc(C)cc1. The van der Waals surface area contributed by atoms with Crippen molar-refractivity contribution in [2.75, 3.05) is 17.9 Å². The molecule has 0 bridgehead atoms. The van der Waals surface area contributed by atoms with E-state index in [1.807, 2.05) is 26.0 Å². The molecule has 3 aromatic carbocycles. The fraction of sp³-hybridized carbons (Fsp3) is 0.310. The zero-order valence-electron chi connectivity index (χ0n) is 22.7. The number of anilines is 1. The summed E-state index contributed by atoms with van der Waals surface area (Å²) in [4.78, 5) is 28.3. The van der Waals surface area contributed by atoms with E-state index in [0.717, 1.165) is 15.4 Å². The number of nitrogens with one attached hydrogen (secondary N) is 1. The van der Waals surface area contributed by atoms with Gasteiger partial charge in [0, 0.05) is 13.6 Å². The molecule has 0 saturated carbocycles. The zero-order valence-corrected chi connectivity index (χ0v) is 25.0. The van der Waals surface area contributed by atoms with Gasteiger partial charge in [-0.25, -0.2) is 8.42 Å². The highest BCUT2D eigenvalue weighted by Crippen LogP contribution is 2.29. The Morgan fingerprint density at radius 2 is 1.54 bits per heavy atom. The van der Waals surface area contributed by atoms with Crippen molar-refractivity contribution in [3.05, 3.63) is 93.0 Å². The van der Waals surface area contributed by atoms with Crippen LogP contribution in [0.2, 0.25) is 10.0 Å². The van der Waals surface area contributed by atoms with Crippen molar-refractivity contribution < 1.29 is 18.0 Å². The van der Waals surface area contributed by atoms with E-state index in [9.17, 15) is 18.0 Å². The maximum absolute atomic E-state index is 14.0. The molecule has 10 heteroatoms. The first kappa shape index (κ1) is 30.5. The molecule has 0 heterocycles. The van der Waals surface area contributed by atoms with Crippen LogP contribution < -0.4 is 9.62 Å². The molecule has 0 saturated heterocycles. The van der Waals surface area contributed by atoms with Crippen molar-refractivity contribution in [3.8, 4) is 0 Å². The van der Waals surface area contributed by atoms with Crippen molar-refractivity contribution in [2.45, 2.75) is 51.6 Å². The Hall–Kier alpha value is -3.07. The maximum Gasteiger partial charge on any atom is 0.264 e. The van der Waals surface area contributed by atoms with Crippen LogP contribution in [0.15, 0.2) is 65.6 Å². The van der Waals surface area contributed by atoms with E-state index in [0.29, 0.717) is 33.3 Å². The quantitative estimate of drug-likeness (QED) is 0.330. The third kappa shape index (κ3) is 7.12. The van der Waals surface area contributed by atoms with E-state index >= 15 is 0 Å². The van der Waals surface area contributed by atoms with Gasteiger partial charge in [-0.05, 0) is 74.2 Å². The van der Waals surface area contributed by atoms with Gasteiger partial charge in [-0.15, -0.1) is 0 Å². The number of aryl methyl sites for hydroxylation is 3. The van der Waals surface area contributed by atoms with Gasteiger partial charge in [-0.3, -0.25) is 13.9 Å². The Balaban J connectivity index is 2.11. The highest BCUT2D eigenvalue weighted by molar-refractivity contribution is 7.92. The van der Waals surface area contributed by atoms with Gasteiger partial charge in [0.1, 0.15) is 12.6 Å². The predicted octanol–water partition coefficient (Wildman–Crippen LogP) is 5.67. The lowest BCUT2D eigenvalue weighted by Gasteiger charge is -2.33. The first-order valence-electron chi connectivity index (χ1n) is 12.5. The van der Waals surface area contributed by atoms with Gasteiger partial charge in [0.15, 0.2) is 0 Å². The van der Waals surface area contributed by atoms with E-state index in [4.69, 9.17) is 23.2 Å². The van der Waals surface area contributed by atoms with Crippen LogP contribution in [0, 0.1) is 20.8 Å². The molecule has 0 aliphatic carbocycles. The molecule has 0 spiro atoms. The largest absolute Gasteiger partial charge is 0.357 e. The molecular formula is C29H33Cl2N3O4S. The van der Waals surface area contributed by atoms with E-state index in [-0.39, 0.29) is 17.3 Å². The van der Waals surface area contributed by atoms with Crippen LogP contribution in [0.5, 0.6) is 0 Å². The second-order valence-electron chi connectivity index (χ2n) is 9.42. The van der Waals surface area contributed by atoms with Crippen molar-refractivity contribution in [1.29, 1.82) is 0 Å². The van der Waals surface area contributed by atoms with Gasteiger partial charge in [0.25, 0.3) is 10.0 Å². The van der Waals surface area contributed by atoms with Crippen LogP contribution in [0.3, 0.4) is 0 Å². The van der Waals surface area contributed by atoms with E-state index in [2.05, 4.69) is 5.32 Å². The van der Waals surface area contributed by atoms with Crippen LogP contribution in [0.1, 0.15) is 35.6 Å². The summed E-state index contributed by atoms with van der Waals surface area (Å²) in [5, 5.41) is 3.29. The summed E-state index contributed by atoms with van der Waals surface area (Å²) in [7, 11) is -2.64. The minimum atomic E-state index is -4.14. The van der Waals surface area contributed by atoms with Gasteiger partial charge in [-0.2, -0.15) is 0 Å². The smallest absolute Gasteiger partial charge is 0.264 e. The first-order valence-corrected chi connectivity index (χ1v) is 14.7. The molecule has 3 aromatic rings. The van der Waals surface area contributed by atoms with Crippen molar-refractivity contribution in [2.24, 2.45) is 0 Å². The lowest BCUT2D eigenvalue weighted by molar-refractivity contribution is -0.140. The minimum Gasteiger partial charge on any atom is -0.357 e. The molecule has 1 unspecified atom stereocenters. The Labute approximate surface area is 240 Å².